The summed E-state index contributed by atoms with van der Waals surface area (Å²) in [6.07, 6.45) is 3.61. The molecule has 0 bridgehead atoms. The highest BCUT2D eigenvalue weighted by Crippen LogP contribution is 2.30. The zero-order valence-corrected chi connectivity index (χ0v) is 10.5. The third-order valence-corrected chi connectivity index (χ3v) is 3.22. The molecule has 6 nitrogen and oxygen atoms in total. The van der Waals surface area contributed by atoms with E-state index in [1.165, 1.54) is 6.33 Å². The van der Waals surface area contributed by atoms with E-state index >= 15 is 0 Å². The normalized spacial score (nSPS) is 20.2. The zero-order valence-electron chi connectivity index (χ0n) is 10.5. The van der Waals surface area contributed by atoms with Crippen molar-refractivity contribution in [1.82, 2.24) is 19.9 Å². The number of morpholine rings is 1. The fourth-order valence-electron chi connectivity index (χ4n) is 2.38. The molecule has 3 rings (SSSR count). The molecule has 6 heteroatoms. The predicted molar refractivity (Wildman–Crippen MR) is 66.6 cm³/mol. The number of methoxy groups -OCH3 is 1. The monoisotopic (exact) mass is 248 g/mol. The number of nitrogens with one attached hydrogen (secondary N) is 1. The predicted octanol–water partition coefficient (Wildman–Crippen LogP) is 0.638. The number of aryl methyl sites for hydroxylation is 1. The van der Waals surface area contributed by atoms with E-state index in [1.54, 1.807) is 7.11 Å². The van der Waals surface area contributed by atoms with Crippen molar-refractivity contribution in [2.45, 2.75) is 6.10 Å². The number of ether oxygens (including phenoxy) is 2. The highest BCUT2D eigenvalue weighted by atomic mass is 16.5. The molecule has 0 amide bonds. The fraction of sp³-hybridized carbons (Fsp3) is 0.500. The Morgan fingerprint density at radius 2 is 2.39 bits per heavy atom. The molecule has 3 heterocycles. The lowest BCUT2D eigenvalue weighted by molar-refractivity contribution is 0.0284. The minimum Gasteiger partial charge on any atom is -0.479 e. The van der Waals surface area contributed by atoms with Gasteiger partial charge in [0, 0.05) is 31.9 Å². The molecule has 0 aliphatic carbocycles. The van der Waals surface area contributed by atoms with Crippen LogP contribution >= 0.6 is 0 Å². The fourth-order valence-corrected chi connectivity index (χ4v) is 2.38. The van der Waals surface area contributed by atoms with E-state index < -0.39 is 0 Å². The summed E-state index contributed by atoms with van der Waals surface area (Å²) in [4.78, 5) is 8.50. The standard InChI is InChI=1S/C12H16N4O2/c1-16-6-8(9-5-13-3-4-18-9)10-11(16)12(17-2)15-7-14-10/h6-7,9,13H,3-5H2,1-2H3. The summed E-state index contributed by atoms with van der Waals surface area (Å²) in [7, 11) is 3.58. The van der Waals surface area contributed by atoms with Gasteiger partial charge >= 0.3 is 0 Å². The maximum Gasteiger partial charge on any atom is 0.241 e. The molecular weight excluding hydrogens is 232 g/mol. The molecule has 18 heavy (non-hydrogen) atoms. The van der Waals surface area contributed by atoms with Crippen molar-refractivity contribution < 1.29 is 9.47 Å². The average molecular weight is 248 g/mol. The highest BCUT2D eigenvalue weighted by molar-refractivity contribution is 5.84. The lowest BCUT2D eigenvalue weighted by atomic mass is 10.1. The molecule has 1 N–H and O–H groups in total. The SMILES string of the molecule is COc1ncnc2c(C3CNCCO3)cn(C)c12. The summed E-state index contributed by atoms with van der Waals surface area (Å²) in [5.74, 6) is 0.595. The van der Waals surface area contributed by atoms with E-state index in [0.717, 1.165) is 36.3 Å². The van der Waals surface area contributed by atoms with Crippen LogP contribution in [0.15, 0.2) is 12.5 Å². The van der Waals surface area contributed by atoms with Crippen molar-refractivity contribution >= 4 is 11.0 Å². The van der Waals surface area contributed by atoms with Gasteiger partial charge in [-0.15, -0.1) is 0 Å². The van der Waals surface area contributed by atoms with Gasteiger partial charge in [0.05, 0.1) is 19.8 Å². The van der Waals surface area contributed by atoms with Crippen LogP contribution in [0.1, 0.15) is 11.7 Å². The molecule has 1 aliphatic heterocycles. The van der Waals surface area contributed by atoms with Gasteiger partial charge in [-0.25, -0.2) is 4.98 Å². The molecular formula is C12H16N4O2. The topological polar surface area (TPSA) is 61.2 Å². The smallest absolute Gasteiger partial charge is 0.241 e. The van der Waals surface area contributed by atoms with Crippen LogP contribution in [0.3, 0.4) is 0 Å². The minimum atomic E-state index is 0.0436. The largest absolute Gasteiger partial charge is 0.479 e. The molecule has 0 spiro atoms. The number of hydrogen-bond donors (Lipinski definition) is 1. The van der Waals surface area contributed by atoms with Gasteiger partial charge in [-0.3, -0.25) is 0 Å². The third-order valence-electron chi connectivity index (χ3n) is 3.22. The second-order valence-electron chi connectivity index (χ2n) is 4.34. The Morgan fingerprint density at radius 3 is 3.11 bits per heavy atom. The first-order chi connectivity index (χ1) is 8.81. The molecule has 1 aliphatic rings. The molecule has 1 atom stereocenters. The van der Waals surface area contributed by atoms with E-state index in [9.17, 15) is 0 Å². The van der Waals surface area contributed by atoms with Crippen molar-refractivity contribution in [3.8, 4) is 5.88 Å². The summed E-state index contributed by atoms with van der Waals surface area (Å²) in [5, 5.41) is 3.33. The summed E-state index contributed by atoms with van der Waals surface area (Å²) in [5.41, 5.74) is 2.89. The molecule has 1 saturated heterocycles. The number of hydrogen-bond acceptors (Lipinski definition) is 5. The zero-order chi connectivity index (χ0) is 12.5. The first-order valence-corrected chi connectivity index (χ1v) is 5.97. The summed E-state index contributed by atoms with van der Waals surface area (Å²) in [6.45, 7) is 2.44. The van der Waals surface area contributed by atoms with Gasteiger partial charge in [-0.2, -0.15) is 4.98 Å². The number of aromatic nitrogens is 3. The van der Waals surface area contributed by atoms with Gasteiger partial charge in [0.15, 0.2) is 0 Å². The first kappa shape index (κ1) is 11.4. The van der Waals surface area contributed by atoms with E-state index in [-0.39, 0.29) is 6.10 Å². The van der Waals surface area contributed by atoms with E-state index in [0.29, 0.717) is 5.88 Å². The molecule has 1 fully saturated rings. The Hall–Kier alpha value is -1.66. The maximum atomic E-state index is 5.78. The Bertz CT molecular complexity index is 560. The lowest BCUT2D eigenvalue weighted by Crippen LogP contribution is -2.33. The number of rotatable bonds is 2. The highest BCUT2D eigenvalue weighted by Gasteiger charge is 2.22. The van der Waals surface area contributed by atoms with Gasteiger partial charge in [-0.1, -0.05) is 0 Å². The second kappa shape index (κ2) is 4.55. The first-order valence-electron chi connectivity index (χ1n) is 5.97. The summed E-state index contributed by atoms with van der Waals surface area (Å²) in [6, 6.07) is 0. The molecule has 0 radical (unpaired) electrons. The Labute approximate surface area is 105 Å². The third kappa shape index (κ3) is 1.74. The molecule has 0 saturated carbocycles. The van der Waals surface area contributed by atoms with Gasteiger partial charge in [-0.05, 0) is 0 Å². The Balaban J connectivity index is 2.12. The van der Waals surface area contributed by atoms with Crippen LogP contribution in [0.5, 0.6) is 5.88 Å². The van der Waals surface area contributed by atoms with Crippen molar-refractivity contribution in [2.75, 3.05) is 26.8 Å². The molecule has 1 unspecified atom stereocenters. The molecule has 96 valence electrons. The van der Waals surface area contributed by atoms with Crippen molar-refractivity contribution in [2.24, 2.45) is 7.05 Å². The van der Waals surface area contributed by atoms with Gasteiger partial charge in [0.25, 0.3) is 0 Å². The average Bonchev–Trinajstić information content (AvgIpc) is 2.77. The Kier molecular flexibility index (Phi) is 2.89. The minimum absolute atomic E-state index is 0.0436. The van der Waals surface area contributed by atoms with Crippen LogP contribution < -0.4 is 10.1 Å². The molecule has 2 aromatic heterocycles. The van der Waals surface area contributed by atoms with Crippen molar-refractivity contribution in [3.63, 3.8) is 0 Å². The lowest BCUT2D eigenvalue weighted by Gasteiger charge is -2.22. The quantitative estimate of drug-likeness (QED) is 0.845. The second-order valence-corrected chi connectivity index (χ2v) is 4.34. The number of nitrogens with zero attached hydrogens (tertiary/aromatic N) is 3. The van der Waals surface area contributed by atoms with Crippen molar-refractivity contribution in [1.29, 1.82) is 0 Å². The maximum absolute atomic E-state index is 5.78. The number of fused-ring (bicyclic) bond motifs is 1. The van der Waals surface area contributed by atoms with Gasteiger partial charge in [0.1, 0.15) is 17.4 Å². The summed E-state index contributed by atoms with van der Waals surface area (Å²) >= 11 is 0. The van der Waals surface area contributed by atoms with Gasteiger partial charge < -0.3 is 19.4 Å². The van der Waals surface area contributed by atoms with Crippen LogP contribution in [0.25, 0.3) is 11.0 Å². The van der Waals surface area contributed by atoms with Crippen LogP contribution in [0, 0.1) is 0 Å². The van der Waals surface area contributed by atoms with Crippen LogP contribution in [-0.2, 0) is 11.8 Å². The summed E-state index contributed by atoms with van der Waals surface area (Å²) < 4.78 is 13.1. The Morgan fingerprint density at radius 1 is 1.50 bits per heavy atom. The van der Waals surface area contributed by atoms with Crippen LogP contribution in [0.4, 0.5) is 0 Å². The van der Waals surface area contributed by atoms with Crippen molar-refractivity contribution in [3.05, 3.63) is 18.1 Å². The van der Waals surface area contributed by atoms with Gasteiger partial charge in [0.2, 0.25) is 5.88 Å². The van der Waals surface area contributed by atoms with E-state index in [4.69, 9.17) is 9.47 Å². The van der Waals surface area contributed by atoms with E-state index in [1.807, 2.05) is 17.8 Å². The van der Waals surface area contributed by atoms with Crippen LogP contribution in [0.2, 0.25) is 0 Å². The van der Waals surface area contributed by atoms with Crippen LogP contribution in [-0.4, -0.2) is 41.3 Å². The molecule has 2 aromatic rings. The molecule has 0 aromatic carbocycles. The van der Waals surface area contributed by atoms with E-state index in [2.05, 4.69) is 15.3 Å².